The molecule has 4 rings (SSSR count). The van der Waals surface area contributed by atoms with Crippen molar-refractivity contribution in [3.05, 3.63) is 35.8 Å². The van der Waals surface area contributed by atoms with Crippen LogP contribution < -0.4 is 16.4 Å². The third-order valence-corrected chi connectivity index (χ3v) is 11.9. The van der Waals surface area contributed by atoms with Gasteiger partial charge in [-0.2, -0.15) is 0 Å². The van der Waals surface area contributed by atoms with E-state index in [9.17, 15) is 4.79 Å². The lowest BCUT2D eigenvalue weighted by molar-refractivity contribution is 0.120. The molecule has 2 heterocycles. The molecule has 9 nitrogen and oxygen atoms in total. The average molecular weight is 597 g/mol. The first-order valence-electron chi connectivity index (χ1n) is 13.0. The largest absolute Gasteiger partial charge is 0.416 e. The summed E-state index contributed by atoms with van der Waals surface area (Å²) >= 11 is 1.25. The fourth-order valence-electron chi connectivity index (χ4n) is 4.68. The third-order valence-electron chi connectivity index (χ3n) is 7.07. The number of ether oxygens (including phenoxy) is 2. The number of halogens is 2. The Hall–Kier alpha value is -2.30. The number of nitrogens with two attached hydrogens (primary N) is 1. The summed E-state index contributed by atoms with van der Waals surface area (Å²) in [5, 5.41) is 12.1. The second-order valence-electron chi connectivity index (χ2n) is 12.6. The van der Waals surface area contributed by atoms with E-state index in [0.29, 0.717) is 25.3 Å². The minimum atomic E-state index is -1.69. The first kappa shape index (κ1) is 29.7. The highest BCUT2D eigenvalue weighted by Gasteiger charge is 2.69. The number of anilines is 1. The monoisotopic (exact) mass is 596 g/mol. The van der Waals surface area contributed by atoms with Crippen LogP contribution in [0.3, 0.4) is 0 Å². The minimum Gasteiger partial charge on any atom is -0.399 e. The topological polar surface area (TPSA) is 117 Å². The van der Waals surface area contributed by atoms with E-state index in [1.54, 1.807) is 4.68 Å². The lowest BCUT2D eigenvalue weighted by Gasteiger charge is -2.35. The molecule has 3 N–H and O–H groups in total. The zero-order valence-corrected chi connectivity index (χ0v) is 26.2. The first-order chi connectivity index (χ1) is 18.2. The Morgan fingerprint density at radius 3 is 2.67 bits per heavy atom. The van der Waals surface area contributed by atoms with Crippen molar-refractivity contribution in [2.45, 2.75) is 68.6 Å². The summed E-state index contributed by atoms with van der Waals surface area (Å²) in [6.07, 6.45) is 1.67. The highest BCUT2D eigenvalue weighted by molar-refractivity contribution is 8.15. The number of rotatable bonds is 10. The van der Waals surface area contributed by atoms with Crippen molar-refractivity contribution in [2.24, 2.45) is 10.9 Å². The molecule has 1 amide bonds. The Kier molecular flexibility index (Phi) is 8.32. The number of alkyl halides is 1. The third kappa shape index (κ3) is 6.72. The quantitative estimate of drug-likeness (QED) is 0.182. The molecule has 0 spiro atoms. The predicted octanol–water partition coefficient (Wildman–Crippen LogP) is 4.31. The second-order valence-corrected chi connectivity index (χ2v) is 24.6. The van der Waals surface area contributed by atoms with Gasteiger partial charge in [-0.05, 0) is 30.7 Å². The molecule has 1 aliphatic heterocycles. The van der Waals surface area contributed by atoms with Crippen LogP contribution in [0.4, 0.5) is 19.3 Å². The molecule has 0 bridgehead atoms. The van der Waals surface area contributed by atoms with Crippen LogP contribution in [0.15, 0.2) is 29.4 Å². The highest BCUT2D eigenvalue weighted by Crippen LogP contribution is 2.67. The zero-order valence-electron chi connectivity index (χ0n) is 23.4. The number of amides is 1. The number of fused-ring (bicyclic) bond motifs is 1. The van der Waals surface area contributed by atoms with Crippen molar-refractivity contribution in [1.29, 1.82) is 0 Å². The maximum Gasteiger partial charge on any atom is 0.416 e. The summed E-state index contributed by atoms with van der Waals surface area (Å²) in [6.45, 7) is 13.2. The van der Waals surface area contributed by atoms with Crippen molar-refractivity contribution in [2.75, 3.05) is 25.7 Å². The van der Waals surface area contributed by atoms with Gasteiger partial charge in [-0.15, -0.1) is 5.10 Å². The Morgan fingerprint density at radius 1 is 1.28 bits per heavy atom. The van der Waals surface area contributed by atoms with Crippen LogP contribution in [0, 0.1) is 11.7 Å². The highest BCUT2D eigenvalue weighted by atomic mass is 32.2. The number of nitrogens with zero attached hydrogens (tertiary/aromatic N) is 4. The number of nitrogens with one attached hydrogen (secondary N) is 1. The summed E-state index contributed by atoms with van der Waals surface area (Å²) in [5.74, 6) is -0.976. The summed E-state index contributed by atoms with van der Waals surface area (Å²) in [6, 6.07) is 5.02. The number of aromatic nitrogens is 3. The van der Waals surface area contributed by atoms with Gasteiger partial charge in [-0.1, -0.05) is 56.3 Å². The molecule has 1 aromatic carbocycles. The SMILES string of the molecule is C[Si](C)(C)CCOCNC(=O)OC1=N[C@](CF)(c2cc(N)ccc2F)[C@@H]2C[C@]2(Cn2cc([Si](C)(C)C)nn2)S1. The fraction of sp³-hybridized carbons (Fsp3) is 0.600. The first-order valence-corrected chi connectivity index (χ1v) is 21.0. The molecule has 1 aliphatic carbocycles. The van der Waals surface area contributed by atoms with Gasteiger partial charge in [-0.25, -0.2) is 18.6 Å². The summed E-state index contributed by atoms with van der Waals surface area (Å²) in [5.41, 5.74) is 4.72. The lowest BCUT2D eigenvalue weighted by atomic mass is 9.84. The van der Waals surface area contributed by atoms with Gasteiger partial charge in [-0.3, -0.25) is 10.00 Å². The van der Waals surface area contributed by atoms with Crippen molar-refractivity contribution >= 4 is 50.2 Å². The number of hydrogen-bond donors (Lipinski definition) is 2. The number of carbonyl (C=O) groups is 1. The van der Waals surface area contributed by atoms with Gasteiger partial charge in [0.2, 0.25) is 0 Å². The van der Waals surface area contributed by atoms with E-state index in [2.05, 4.69) is 59.9 Å². The van der Waals surface area contributed by atoms with Crippen molar-refractivity contribution < 1.29 is 23.0 Å². The molecule has 214 valence electrons. The molecule has 2 aromatic rings. The fourth-order valence-corrected chi connectivity index (χ4v) is 7.77. The molecule has 1 fully saturated rings. The van der Waals surface area contributed by atoms with Crippen molar-refractivity contribution in [3.8, 4) is 0 Å². The van der Waals surface area contributed by atoms with Crippen LogP contribution in [-0.4, -0.2) is 67.2 Å². The zero-order chi connectivity index (χ0) is 28.6. The van der Waals surface area contributed by atoms with Crippen LogP contribution in [-0.2, 0) is 21.6 Å². The molecule has 39 heavy (non-hydrogen) atoms. The molecule has 0 unspecified atom stereocenters. The molecular formula is C25H38F2N6O3SSi2. The van der Waals surface area contributed by atoms with E-state index < -0.39 is 45.0 Å². The van der Waals surface area contributed by atoms with Gasteiger partial charge in [0.05, 0.1) is 16.6 Å². The summed E-state index contributed by atoms with van der Waals surface area (Å²) in [7, 11) is -2.95. The van der Waals surface area contributed by atoms with Gasteiger partial charge in [0.1, 0.15) is 32.8 Å². The van der Waals surface area contributed by atoms with Gasteiger partial charge in [0.15, 0.2) is 0 Å². The number of hydrogen-bond acceptors (Lipinski definition) is 8. The maximum atomic E-state index is 15.1. The lowest BCUT2D eigenvalue weighted by Crippen LogP contribution is -2.41. The van der Waals surface area contributed by atoms with Crippen LogP contribution in [0.5, 0.6) is 0 Å². The number of aliphatic imine (C=N–C) groups is 1. The Labute approximate surface area is 234 Å². The van der Waals surface area contributed by atoms with Crippen LogP contribution in [0.2, 0.25) is 45.3 Å². The molecular weight excluding hydrogens is 559 g/mol. The van der Waals surface area contributed by atoms with E-state index in [1.807, 2.05) is 6.20 Å². The predicted molar refractivity (Wildman–Crippen MR) is 156 cm³/mol. The van der Waals surface area contributed by atoms with E-state index >= 15 is 8.78 Å². The smallest absolute Gasteiger partial charge is 0.399 e. The number of thioether (sulfide) groups is 1. The van der Waals surface area contributed by atoms with Crippen molar-refractivity contribution in [3.63, 3.8) is 0 Å². The van der Waals surface area contributed by atoms with E-state index in [-0.39, 0.29) is 23.4 Å². The Morgan fingerprint density at radius 2 is 2.03 bits per heavy atom. The standard InChI is InChI=1S/C25H38F2N6O3SSi2/c1-38(2,3)10-9-35-16-29-22(34)36-23-30-25(14-26,18-11-17(28)7-8-19(18)27)20-12-24(20,37-23)15-33-13-21(31-32-33)39(4,5)6/h7-8,11,13,20H,9-10,12,14-16,28H2,1-6H3,(H,29,34)/t20-,24-,25-/m1/s1. The Bertz CT molecular complexity index is 1250. The summed E-state index contributed by atoms with van der Waals surface area (Å²) < 4.78 is 42.4. The molecule has 1 saturated carbocycles. The van der Waals surface area contributed by atoms with E-state index in [0.717, 1.165) is 11.4 Å². The van der Waals surface area contributed by atoms with Crippen LogP contribution in [0.25, 0.3) is 0 Å². The average Bonchev–Trinajstić information content (AvgIpc) is 3.34. The number of nitrogen functional groups attached to an aromatic ring is 1. The minimum absolute atomic E-state index is 0.0223. The molecule has 0 radical (unpaired) electrons. The van der Waals surface area contributed by atoms with Crippen LogP contribution >= 0.6 is 11.8 Å². The van der Waals surface area contributed by atoms with Gasteiger partial charge >= 0.3 is 6.09 Å². The molecule has 2 aliphatic rings. The molecule has 14 heteroatoms. The number of carbonyl (C=O) groups excluding carboxylic acids is 1. The summed E-state index contributed by atoms with van der Waals surface area (Å²) in [4.78, 5) is 17.1. The van der Waals surface area contributed by atoms with E-state index in [4.69, 9.17) is 15.2 Å². The second kappa shape index (κ2) is 10.9. The number of alkyl carbamates (subject to hydrolysis) is 1. The molecule has 0 saturated heterocycles. The maximum absolute atomic E-state index is 15.1. The van der Waals surface area contributed by atoms with Crippen LogP contribution in [0.1, 0.15) is 12.0 Å². The van der Waals surface area contributed by atoms with Gasteiger partial charge < -0.3 is 15.2 Å². The Balaban J connectivity index is 1.57. The normalized spacial score (nSPS) is 24.6. The van der Waals surface area contributed by atoms with Gasteiger partial charge in [0.25, 0.3) is 5.23 Å². The van der Waals surface area contributed by atoms with E-state index in [1.165, 1.54) is 30.0 Å². The molecule has 1 aromatic heterocycles. The number of benzene rings is 1. The van der Waals surface area contributed by atoms with Crippen molar-refractivity contribution in [1.82, 2.24) is 20.3 Å². The molecule has 3 atom stereocenters. The van der Waals surface area contributed by atoms with Gasteiger partial charge in [0, 0.05) is 38.0 Å².